The van der Waals surface area contributed by atoms with Crippen LogP contribution in [-0.2, 0) is 6.54 Å². The van der Waals surface area contributed by atoms with Crippen molar-refractivity contribution in [2.24, 2.45) is 0 Å². The molecule has 0 radical (unpaired) electrons. The van der Waals surface area contributed by atoms with E-state index >= 15 is 0 Å². The zero-order valence-corrected chi connectivity index (χ0v) is 13.4. The quantitative estimate of drug-likeness (QED) is 0.694. The Kier molecular flexibility index (Phi) is 7.23. The number of nitrogens with zero attached hydrogens (tertiary/aromatic N) is 1. The molecule has 0 fully saturated rings. The normalized spacial score (nSPS) is 10.7. The van der Waals surface area contributed by atoms with E-state index in [0.717, 1.165) is 43.8 Å². The molecular formula is C16H27NO3. The number of benzene rings is 1. The minimum atomic E-state index is 0.667. The van der Waals surface area contributed by atoms with Gasteiger partial charge in [-0.1, -0.05) is 19.9 Å². The van der Waals surface area contributed by atoms with Crippen LogP contribution < -0.4 is 14.2 Å². The Balaban J connectivity index is 3.04. The lowest BCUT2D eigenvalue weighted by molar-refractivity contribution is 0.258. The van der Waals surface area contributed by atoms with E-state index in [9.17, 15) is 0 Å². The fourth-order valence-electron chi connectivity index (χ4n) is 2.43. The summed E-state index contributed by atoms with van der Waals surface area (Å²) in [6, 6.07) is 3.99. The fraction of sp³-hybridized carbons (Fsp3) is 0.625. The molecule has 0 heterocycles. The average Bonchev–Trinajstić information content (AvgIpc) is 2.47. The van der Waals surface area contributed by atoms with Crippen molar-refractivity contribution >= 4 is 0 Å². The third kappa shape index (κ3) is 4.04. The van der Waals surface area contributed by atoms with Gasteiger partial charge in [-0.25, -0.2) is 0 Å². The monoisotopic (exact) mass is 281 g/mol. The van der Waals surface area contributed by atoms with E-state index in [-0.39, 0.29) is 0 Å². The molecule has 0 aromatic heterocycles. The highest BCUT2D eigenvalue weighted by molar-refractivity contribution is 5.55. The van der Waals surface area contributed by atoms with E-state index in [0.29, 0.717) is 11.5 Å². The molecule has 0 aliphatic carbocycles. The van der Waals surface area contributed by atoms with Crippen LogP contribution in [0.15, 0.2) is 12.1 Å². The van der Waals surface area contributed by atoms with E-state index in [2.05, 4.69) is 24.8 Å². The van der Waals surface area contributed by atoms with Crippen LogP contribution >= 0.6 is 0 Å². The van der Waals surface area contributed by atoms with Gasteiger partial charge in [-0.2, -0.15) is 0 Å². The molecule has 4 nitrogen and oxygen atoms in total. The molecule has 0 spiro atoms. The largest absolute Gasteiger partial charge is 0.493 e. The highest BCUT2D eigenvalue weighted by Crippen LogP contribution is 2.40. The second kappa shape index (κ2) is 8.69. The van der Waals surface area contributed by atoms with Crippen LogP contribution in [0.25, 0.3) is 0 Å². The molecule has 1 aromatic carbocycles. The fourth-order valence-corrected chi connectivity index (χ4v) is 2.43. The van der Waals surface area contributed by atoms with Crippen molar-refractivity contribution in [3.8, 4) is 17.2 Å². The summed E-state index contributed by atoms with van der Waals surface area (Å²) >= 11 is 0. The van der Waals surface area contributed by atoms with Crippen LogP contribution in [0.4, 0.5) is 0 Å². The second-order valence-electron chi connectivity index (χ2n) is 4.77. The molecule has 1 aromatic rings. The van der Waals surface area contributed by atoms with E-state index in [1.807, 2.05) is 6.07 Å². The molecule has 0 saturated carbocycles. The lowest BCUT2D eigenvalue weighted by atomic mass is 10.1. The standard InChI is InChI=1S/C16H27NO3/c1-6-10-17(11-7-2)12-13-8-9-14(18-3)16(20-5)15(13)19-4/h8-9H,6-7,10-12H2,1-5H3. The van der Waals surface area contributed by atoms with Crippen LogP contribution in [0.3, 0.4) is 0 Å². The summed E-state index contributed by atoms with van der Waals surface area (Å²) in [4.78, 5) is 2.43. The van der Waals surface area contributed by atoms with Crippen molar-refractivity contribution in [3.05, 3.63) is 17.7 Å². The van der Waals surface area contributed by atoms with Gasteiger partial charge in [-0.3, -0.25) is 4.90 Å². The molecule has 0 unspecified atom stereocenters. The first-order chi connectivity index (χ1) is 9.71. The Labute approximate surface area is 122 Å². The van der Waals surface area contributed by atoms with Gasteiger partial charge < -0.3 is 14.2 Å². The predicted molar refractivity (Wildman–Crippen MR) is 82.0 cm³/mol. The summed E-state index contributed by atoms with van der Waals surface area (Å²) in [7, 11) is 4.95. The van der Waals surface area contributed by atoms with E-state index in [4.69, 9.17) is 14.2 Å². The number of ether oxygens (including phenoxy) is 3. The van der Waals surface area contributed by atoms with Crippen LogP contribution in [-0.4, -0.2) is 39.3 Å². The number of methoxy groups -OCH3 is 3. The lowest BCUT2D eigenvalue weighted by Gasteiger charge is -2.23. The van der Waals surface area contributed by atoms with Gasteiger partial charge in [0, 0.05) is 12.1 Å². The Morgan fingerprint density at radius 1 is 0.850 bits per heavy atom. The second-order valence-corrected chi connectivity index (χ2v) is 4.77. The number of hydrogen-bond donors (Lipinski definition) is 0. The minimum absolute atomic E-state index is 0.667. The van der Waals surface area contributed by atoms with E-state index in [1.165, 1.54) is 0 Å². The predicted octanol–water partition coefficient (Wildman–Crippen LogP) is 3.33. The summed E-state index contributed by atoms with van der Waals surface area (Å²) < 4.78 is 16.3. The molecule has 0 aliphatic heterocycles. The smallest absolute Gasteiger partial charge is 0.203 e. The highest BCUT2D eigenvalue weighted by atomic mass is 16.5. The van der Waals surface area contributed by atoms with Crippen LogP contribution in [0.1, 0.15) is 32.3 Å². The van der Waals surface area contributed by atoms with Gasteiger partial charge in [-0.05, 0) is 32.0 Å². The maximum atomic E-state index is 5.54. The molecule has 0 aliphatic rings. The van der Waals surface area contributed by atoms with Crippen molar-refractivity contribution in [2.45, 2.75) is 33.2 Å². The van der Waals surface area contributed by atoms with Gasteiger partial charge in [0.15, 0.2) is 11.5 Å². The van der Waals surface area contributed by atoms with Crippen LogP contribution in [0.5, 0.6) is 17.2 Å². The van der Waals surface area contributed by atoms with Gasteiger partial charge in [0.2, 0.25) is 5.75 Å². The molecule has 0 atom stereocenters. The topological polar surface area (TPSA) is 30.9 Å². The maximum absolute atomic E-state index is 5.54. The molecule has 0 amide bonds. The van der Waals surface area contributed by atoms with E-state index in [1.54, 1.807) is 21.3 Å². The summed E-state index contributed by atoms with van der Waals surface area (Å²) in [5.41, 5.74) is 1.13. The summed E-state index contributed by atoms with van der Waals surface area (Å²) in [6.07, 6.45) is 2.30. The SMILES string of the molecule is CCCN(CCC)Cc1ccc(OC)c(OC)c1OC. The third-order valence-electron chi connectivity index (χ3n) is 3.26. The molecule has 114 valence electrons. The van der Waals surface area contributed by atoms with Crippen molar-refractivity contribution < 1.29 is 14.2 Å². The van der Waals surface area contributed by atoms with Crippen molar-refractivity contribution in [1.29, 1.82) is 0 Å². The maximum Gasteiger partial charge on any atom is 0.203 e. The summed E-state index contributed by atoms with van der Waals surface area (Å²) in [5, 5.41) is 0. The van der Waals surface area contributed by atoms with Crippen molar-refractivity contribution in [1.82, 2.24) is 4.90 Å². The molecule has 4 heteroatoms. The van der Waals surface area contributed by atoms with Gasteiger partial charge in [0.25, 0.3) is 0 Å². The zero-order chi connectivity index (χ0) is 15.0. The molecular weight excluding hydrogens is 254 g/mol. The van der Waals surface area contributed by atoms with Crippen LogP contribution in [0, 0.1) is 0 Å². The van der Waals surface area contributed by atoms with Gasteiger partial charge >= 0.3 is 0 Å². The molecule has 0 N–H and O–H groups in total. The van der Waals surface area contributed by atoms with Crippen molar-refractivity contribution in [2.75, 3.05) is 34.4 Å². The Morgan fingerprint density at radius 2 is 1.45 bits per heavy atom. The van der Waals surface area contributed by atoms with Gasteiger partial charge in [0.05, 0.1) is 21.3 Å². The minimum Gasteiger partial charge on any atom is -0.493 e. The Morgan fingerprint density at radius 3 is 1.90 bits per heavy atom. The van der Waals surface area contributed by atoms with Crippen molar-refractivity contribution in [3.63, 3.8) is 0 Å². The number of rotatable bonds is 9. The molecule has 0 saturated heterocycles. The molecule has 20 heavy (non-hydrogen) atoms. The number of hydrogen-bond acceptors (Lipinski definition) is 4. The summed E-state index contributed by atoms with van der Waals surface area (Å²) in [5.74, 6) is 2.13. The Bertz CT molecular complexity index is 401. The zero-order valence-electron chi connectivity index (χ0n) is 13.4. The highest BCUT2D eigenvalue weighted by Gasteiger charge is 2.17. The first kappa shape index (κ1) is 16.6. The van der Waals surface area contributed by atoms with Gasteiger partial charge in [0.1, 0.15) is 0 Å². The molecule has 1 rings (SSSR count). The van der Waals surface area contributed by atoms with Gasteiger partial charge in [-0.15, -0.1) is 0 Å². The molecule has 0 bridgehead atoms. The average molecular weight is 281 g/mol. The van der Waals surface area contributed by atoms with Crippen LogP contribution in [0.2, 0.25) is 0 Å². The first-order valence-corrected chi connectivity index (χ1v) is 7.21. The lowest BCUT2D eigenvalue weighted by Crippen LogP contribution is -2.25. The third-order valence-corrected chi connectivity index (χ3v) is 3.26. The summed E-state index contributed by atoms with van der Waals surface area (Å²) in [6.45, 7) is 7.45. The first-order valence-electron chi connectivity index (χ1n) is 7.21. The Hall–Kier alpha value is -1.42. The van der Waals surface area contributed by atoms with E-state index < -0.39 is 0 Å².